The third-order valence-electron chi connectivity index (χ3n) is 7.42. The first-order valence-electron chi connectivity index (χ1n) is 12.3. The molecular weight excluding hydrogens is 455 g/mol. The topological polar surface area (TPSA) is 87.7 Å². The van der Waals surface area contributed by atoms with Crippen LogP contribution in [0.4, 0.5) is 4.39 Å². The van der Waals surface area contributed by atoms with Crippen LogP contribution in [0, 0.1) is 17.7 Å². The molecule has 2 aliphatic rings. The predicted octanol–water partition coefficient (Wildman–Crippen LogP) is 5.35. The lowest BCUT2D eigenvalue weighted by Gasteiger charge is -2.31. The summed E-state index contributed by atoms with van der Waals surface area (Å²) in [4.78, 5) is 28.0. The largest absolute Gasteiger partial charge is 0.340 e. The summed E-state index contributed by atoms with van der Waals surface area (Å²) in [7, 11) is 0. The summed E-state index contributed by atoms with van der Waals surface area (Å²) in [5, 5.41) is 8.28. The van der Waals surface area contributed by atoms with Crippen molar-refractivity contribution in [3.05, 3.63) is 35.0 Å². The van der Waals surface area contributed by atoms with Crippen molar-refractivity contribution in [3.8, 4) is 11.5 Å². The number of fused-ring (bicyclic) bond motifs is 1. The fourth-order valence-corrected chi connectivity index (χ4v) is 5.87. The van der Waals surface area contributed by atoms with Crippen molar-refractivity contribution in [2.24, 2.45) is 11.8 Å². The van der Waals surface area contributed by atoms with Gasteiger partial charge in [0, 0.05) is 25.2 Å². The Morgan fingerprint density at radius 2 is 2.06 bits per heavy atom. The molecule has 0 spiro atoms. The van der Waals surface area contributed by atoms with Crippen molar-refractivity contribution in [3.63, 3.8) is 0 Å². The van der Waals surface area contributed by atoms with Gasteiger partial charge in [0.2, 0.25) is 5.91 Å². The molecule has 1 N–H and O–H groups in total. The van der Waals surface area contributed by atoms with Crippen LogP contribution in [0.1, 0.15) is 64.0 Å². The Morgan fingerprint density at radius 3 is 2.91 bits per heavy atom. The van der Waals surface area contributed by atoms with Crippen molar-refractivity contribution in [1.29, 1.82) is 0 Å². The van der Waals surface area contributed by atoms with Gasteiger partial charge in [-0.15, -0.1) is 0 Å². The van der Waals surface area contributed by atoms with E-state index >= 15 is 0 Å². The molecule has 1 saturated heterocycles. The maximum Gasteiger partial charge on any atom is 0.223 e. The number of nitrogens with one attached hydrogen (secondary N) is 1. The van der Waals surface area contributed by atoms with Gasteiger partial charge in [-0.2, -0.15) is 5.10 Å². The van der Waals surface area contributed by atoms with Crippen LogP contribution in [0.2, 0.25) is 5.02 Å². The Labute approximate surface area is 203 Å². The summed E-state index contributed by atoms with van der Waals surface area (Å²) in [5.41, 5.74) is 1.50. The minimum absolute atomic E-state index is 0.295. The molecule has 0 bridgehead atoms. The quantitative estimate of drug-likeness (QED) is 0.509. The average Bonchev–Trinajstić information content (AvgIpc) is 3.47. The third kappa shape index (κ3) is 4.78. The van der Waals surface area contributed by atoms with Gasteiger partial charge in [-0.05, 0) is 56.4 Å². The number of halogens is 2. The summed E-state index contributed by atoms with van der Waals surface area (Å²) < 4.78 is 14.7. The number of H-pyrrole nitrogens is 1. The Morgan fingerprint density at radius 1 is 1.21 bits per heavy atom. The normalized spacial score (nSPS) is 23.0. The molecular formula is C25H30ClFN6O. The SMILES string of the molecule is CC[C@@H]1CCCN1C(=O)C[C@@H]1CCC[C@H](Cc2nc(-c3[nH]nc4ncc(Cl)cc34)ncc2F)C1. The third-order valence-corrected chi connectivity index (χ3v) is 7.63. The van der Waals surface area contributed by atoms with Crippen LogP contribution >= 0.6 is 11.6 Å². The smallest absolute Gasteiger partial charge is 0.223 e. The molecule has 7 nitrogen and oxygen atoms in total. The van der Waals surface area contributed by atoms with Crippen LogP contribution in [0.25, 0.3) is 22.6 Å². The number of rotatable bonds is 6. The maximum absolute atomic E-state index is 14.7. The van der Waals surface area contributed by atoms with E-state index in [1.807, 2.05) is 0 Å². The first-order chi connectivity index (χ1) is 16.5. The predicted molar refractivity (Wildman–Crippen MR) is 129 cm³/mol. The molecule has 0 aromatic carbocycles. The van der Waals surface area contributed by atoms with Crippen LogP contribution in [-0.2, 0) is 11.2 Å². The standard InChI is InChI=1S/C25H30ClFN6O/c1-2-18-7-4-8-33(18)22(34)11-16-6-3-5-15(9-16)10-21-20(27)14-29-25(30-21)23-19-12-17(26)13-28-24(19)32-31-23/h12-16,18H,2-11H2,1H3,(H,28,31,32)/t15-,16+,18+/m0/s1. The fourth-order valence-electron chi connectivity index (χ4n) is 5.71. The van der Waals surface area contributed by atoms with Gasteiger partial charge in [0.25, 0.3) is 0 Å². The molecule has 1 aliphatic carbocycles. The molecule has 1 aliphatic heterocycles. The summed E-state index contributed by atoms with van der Waals surface area (Å²) in [6, 6.07) is 2.16. The number of pyridine rings is 1. The molecule has 4 heterocycles. The molecule has 5 rings (SSSR count). The minimum atomic E-state index is -0.398. The molecule has 3 aromatic rings. The number of nitrogens with zero attached hydrogens (tertiary/aromatic N) is 5. The number of aromatic amines is 1. The Balaban J connectivity index is 1.28. The lowest BCUT2D eigenvalue weighted by Crippen LogP contribution is -2.36. The van der Waals surface area contributed by atoms with Gasteiger partial charge < -0.3 is 4.90 Å². The highest BCUT2D eigenvalue weighted by molar-refractivity contribution is 6.31. The minimum Gasteiger partial charge on any atom is -0.340 e. The summed E-state index contributed by atoms with van der Waals surface area (Å²) >= 11 is 6.10. The van der Waals surface area contributed by atoms with Crippen LogP contribution in [0.3, 0.4) is 0 Å². The van der Waals surface area contributed by atoms with Crippen molar-refractivity contribution < 1.29 is 9.18 Å². The maximum atomic E-state index is 14.7. The van der Waals surface area contributed by atoms with E-state index < -0.39 is 5.82 Å². The number of aromatic nitrogens is 5. The van der Waals surface area contributed by atoms with Crippen LogP contribution in [0.5, 0.6) is 0 Å². The zero-order valence-electron chi connectivity index (χ0n) is 19.4. The highest BCUT2D eigenvalue weighted by atomic mass is 35.5. The molecule has 1 saturated carbocycles. The van der Waals surface area contributed by atoms with Gasteiger partial charge in [-0.1, -0.05) is 31.4 Å². The summed E-state index contributed by atoms with van der Waals surface area (Å²) in [5.74, 6) is 0.941. The Bertz CT molecular complexity index is 1180. The lowest BCUT2D eigenvalue weighted by molar-refractivity contribution is -0.133. The van der Waals surface area contributed by atoms with Crippen LogP contribution < -0.4 is 0 Å². The van der Waals surface area contributed by atoms with Gasteiger partial charge in [0.05, 0.1) is 22.3 Å². The van der Waals surface area contributed by atoms with Crippen LogP contribution in [-0.4, -0.2) is 48.5 Å². The second kappa shape index (κ2) is 9.94. The van der Waals surface area contributed by atoms with E-state index in [9.17, 15) is 9.18 Å². The number of carbonyl (C=O) groups excluding carboxylic acids is 1. The molecule has 0 unspecified atom stereocenters. The number of carbonyl (C=O) groups is 1. The van der Waals surface area contributed by atoms with E-state index in [1.54, 1.807) is 6.07 Å². The first kappa shape index (κ1) is 23.1. The van der Waals surface area contributed by atoms with Gasteiger partial charge in [-0.3, -0.25) is 9.89 Å². The van der Waals surface area contributed by atoms with E-state index in [2.05, 4.69) is 37.0 Å². The van der Waals surface area contributed by atoms with E-state index in [0.717, 1.165) is 51.5 Å². The first-order valence-corrected chi connectivity index (χ1v) is 12.7. The molecule has 3 aromatic heterocycles. The molecule has 180 valence electrons. The number of hydrogen-bond donors (Lipinski definition) is 1. The van der Waals surface area contributed by atoms with E-state index in [1.165, 1.54) is 12.4 Å². The molecule has 3 atom stereocenters. The fraction of sp³-hybridized carbons (Fsp3) is 0.560. The number of likely N-dealkylation sites (tertiary alicyclic amines) is 1. The Kier molecular flexibility index (Phi) is 6.77. The number of hydrogen-bond acceptors (Lipinski definition) is 5. The zero-order chi connectivity index (χ0) is 23.7. The second-order valence-electron chi connectivity index (χ2n) is 9.71. The highest BCUT2D eigenvalue weighted by Gasteiger charge is 2.31. The molecule has 34 heavy (non-hydrogen) atoms. The van der Waals surface area contributed by atoms with Gasteiger partial charge >= 0.3 is 0 Å². The highest BCUT2D eigenvalue weighted by Crippen LogP contribution is 2.35. The van der Waals surface area contributed by atoms with Crippen molar-refractivity contribution in [1.82, 2.24) is 30.0 Å². The molecule has 1 amide bonds. The Hall–Kier alpha value is -2.61. The zero-order valence-corrected chi connectivity index (χ0v) is 20.2. The molecule has 0 radical (unpaired) electrons. The molecule has 9 heteroatoms. The van der Waals surface area contributed by atoms with Crippen LogP contribution in [0.15, 0.2) is 18.5 Å². The monoisotopic (exact) mass is 484 g/mol. The summed E-state index contributed by atoms with van der Waals surface area (Å²) in [6.45, 7) is 3.06. The van der Waals surface area contributed by atoms with Crippen molar-refractivity contribution in [2.45, 2.75) is 70.8 Å². The van der Waals surface area contributed by atoms with E-state index in [-0.39, 0.29) is 0 Å². The lowest BCUT2D eigenvalue weighted by atomic mass is 9.77. The van der Waals surface area contributed by atoms with Crippen molar-refractivity contribution in [2.75, 3.05) is 6.54 Å². The van der Waals surface area contributed by atoms with Crippen molar-refractivity contribution >= 4 is 28.5 Å². The second-order valence-corrected chi connectivity index (χ2v) is 10.1. The average molecular weight is 485 g/mol. The summed E-state index contributed by atoms with van der Waals surface area (Å²) in [6.07, 6.45) is 11.3. The molecule has 2 fully saturated rings. The van der Waals surface area contributed by atoms with Gasteiger partial charge in [-0.25, -0.2) is 19.3 Å². The van der Waals surface area contributed by atoms with E-state index in [0.29, 0.717) is 69.9 Å². The van der Waals surface area contributed by atoms with E-state index in [4.69, 9.17) is 11.6 Å². The van der Waals surface area contributed by atoms with Gasteiger partial charge in [0.15, 0.2) is 17.3 Å². The number of amides is 1. The van der Waals surface area contributed by atoms with Gasteiger partial charge in [0.1, 0.15) is 5.69 Å².